The zero-order chi connectivity index (χ0) is 22.5. The van der Waals surface area contributed by atoms with E-state index in [0.29, 0.717) is 16.6 Å². The van der Waals surface area contributed by atoms with Gasteiger partial charge in [0.25, 0.3) is 0 Å². The van der Waals surface area contributed by atoms with E-state index in [2.05, 4.69) is 20.8 Å². The number of thioether (sulfide) groups is 1. The summed E-state index contributed by atoms with van der Waals surface area (Å²) < 4.78 is 6.84. The van der Waals surface area contributed by atoms with Gasteiger partial charge in [0.1, 0.15) is 11.4 Å². The SMILES string of the molecule is COc1ccc(C)cc1-n1nnnc1SCC(=O)Nc1cc(C(N)=O)cc(C(N)=O)c1. The predicted molar refractivity (Wildman–Crippen MR) is 113 cm³/mol. The van der Waals surface area contributed by atoms with Gasteiger partial charge < -0.3 is 21.5 Å². The number of ether oxygens (including phenoxy) is 1. The predicted octanol–water partition coefficient (Wildman–Crippen LogP) is 0.908. The van der Waals surface area contributed by atoms with Gasteiger partial charge in [0.2, 0.25) is 22.9 Å². The minimum atomic E-state index is -0.751. The third kappa shape index (κ3) is 5.17. The van der Waals surface area contributed by atoms with Crippen molar-refractivity contribution in [1.82, 2.24) is 20.2 Å². The van der Waals surface area contributed by atoms with E-state index in [1.807, 2.05) is 19.1 Å². The number of rotatable bonds is 8. The van der Waals surface area contributed by atoms with Crippen LogP contribution in [0.4, 0.5) is 5.69 Å². The number of hydrogen-bond donors (Lipinski definition) is 3. The fourth-order valence-electron chi connectivity index (χ4n) is 2.70. The molecule has 0 atom stereocenters. The fraction of sp³-hybridized carbons (Fsp3) is 0.158. The van der Waals surface area contributed by atoms with Crippen LogP contribution in [0, 0.1) is 6.92 Å². The molecule has 1 heterocycles. The zero-order valence-corrected chi connectivity index (χ0v) is 17.5. The topological polar surface area (TPSA) is 168 Å². The molecule has 0 saturated carbocycles. The normalized spacial score (nSPS) is 10.5. The molecule has 160 valence electrons. The molecule has 0 unspecified atom stereocenters. The van der Waals surface area contributed by atoms with Crippen molar-refractivity contribution < 1.29 is 19.1 Å². The van der Waals surface area contributed by atoms with Crippen LogP contribution in [-0.2, 0) is 4.79 Å². The van der Waals surface area contributed by atoms with Crippen molar-refractivity contribution >= 4 is 35.2 Å². The molecule has 3 aromatic rings. The smallest absolute Gasteiger partial charge is 0.248 e. The monoisotopic (exact) mass is 441 g/mol. The molecule has 0 aliphatic carbocycles. The summed E-state index contributed by atoms with van der Waals surface area (Å²) in [7, 11) is 1.54. The summed E-state index contributed by atoms with van der Waals surface area (Å²) in [6, 6.07) is 9.54. The van der Waals surface area contributed by atoms with E-state index in [4.69, 9.17) is 16.2 Å². The Morgan fingerprint density at radius 3 is 2.39 bits per heavy atom. The van der Waals surface area contributed by atoms with Crippen LogP contribution in [0.25, 0.3) is 5.69 Å². The molecule has 0 fully saturated rings. The van der Waals surface area contributed by atoms with Crippen LogP contribution in [0.5, 0.6) is 5.75 Å². The van der Waals surface area contributed by atoms with E-state index in [1.54, 1.807) is 13.2 Å². The second-order valence-electron chi connectivity index (χ2n) is 6.41. The van der Waals surface area contributed by atoms with Crippen LogP contribution in [0.15, 0.2) is 41.6 Å². The highest BCUT2D eigenvalue weighted by atomic mass is 32.2. The summed E-state index contributed by atoms with van der Waals surface area (Å²) in [5.74, 6) is -1.38. The quantitative estimate of drug-likeness (QED) is 0.433. The highest BCUT2D eigenvalue weighted by Crippen LogP contribution is 2.27. The number of tetrazole rings is 1. The van der Waals surface area contributed by atoms with Crippen LogP contribution in [0.2, 0.25) is 0 Å². The molecule has 5 N–H and O–H groups in total. The first kappa shape index (κ1) is 21.8. The minimum Gasteiger partial charge on any atom is -0.494 e. The lowest BCUT2D eigenvalue weighted by molar-refractivity contribution is -0.113. The van der Waals surface area contributed by atoms with Gasteiger partial charge in [-0.2, -0.15) is 4.68 Å². The lowest BCUT2D eigenvalue weighted by atomic mass is 10.1. The van der Waals surface area contributed by atoms with Gasteiger partial charge in [0.15, 0.2) is 0 Å². The number of benzene rings is 2. The van der Waals surface area contributed by atoms with Gasteiger partial charge in [0, 0.05) is 16.8 Å². The molecule has 11 nitrogen and oxygen atoms in total. The summed E-state index contributed by atoms with van der Waals surface area (Å²) >= 11 is 1.10. The number of carbonyl (C=O) groups is 3. The molecule has 3 amide bonds. The largest absolute Gasteiger partial charge is 0.494 e. The minimum absolute atomic E-state index is 0.0405. The Balaban J connectivity index is 1.75. The molecule has 0 aliphatic heterocycles. The van der Waals surface area contributed by atoms with Gasteiger partial charge in [0.05, 0.1) is 12.9 Å². The Hall–Kier alpha value is -3.93. The van der Waals surface area contributed by atoms with E-state index in [-0.39, 0.29) is 22.6 Å². The van der Waals surface area contributed by atoms with Crippen molar-refractivity contribution in [1.29, 1.82) is 0 Å². The molecule has 0 spiro atoms. The lowest BCUT2D eigenvalue weighted by Crippen LogP contribution is -2.19. The number of primary amides is 2. The van der Waals surface area contributed by atoms with Crippen molar-refractivity contribution in [3.63, 3.8) is 0 Å². The molecule has 2 aromatic carbocycles. The fourth-order valence-corrected chi connectivity index (χ4v) is 3.38. The van der Waals surface area contributed by atoms with Gasteiger partial charge in [-0.25, -0.2) is 0 Å². The third-order valence-electron chi connectivity index (χ3n) is 4.12. The first-order valence-corrected chi connectivity index (χ1v) is 9.87. The number of hydrogen-bond acceptors (Lipinski definition) is 8. The number of aromatic nitrogens is 4. The number of aryl methyl sites for hydroxylation is 1. The van der Waals surface area contributed by atoms with E-state index in [0.717, 1.165) is 17.3 Å². The molecular weight excluding hydrogens is 422 g/mol. The van der Waals surface area contributed by atoms with E-state index in [9.17, 15) is 14.4 Å². The number of carbonyl (C=O) groups excluding carboxylic acids is 3. The molecular formula is C19H19N7O4S. The number of amides is 3. The molecule has 31 heavy (non-hydrogen) atoms. The van der Waals surface area contributed by atoms with Crippen molar-refractivity contribution in [3.8, 4) is 11.4 Å². The molecule has 0 saturated heterocycles. The van der Waals surface area contributed by atoms with Crippen molar-refractivity contribution in [2.75, 3.05) is 18.2 Å². The van der Waals surface area contributed by atoms with Gasteiger partial charge in [-0.1, -0.05) is 17.8 Å². The van der Waals surface area contributed by atoms with E-state index in [1.165, 1.54) is 22.9 Å². The average molecular weight is 441 g/mol. The van der Waals surface area contributed by atoms with Gasteiger partial charge >= 0.3 is 0 Å². The van der Waals surface area contributed by atoms with E-state index >= 15 is 0 Å². The van der Waals surface area contributed by atoms with Crippen LogP contribution in [0.3, 0.4) is 0 Å². The maximum atomic E-state index is 12.4. The number of nitrogens with zero attached hydrogens (tertiary/aromatic N) is 4. The summed E-state index contributed by atoms with van der Waals surface area (Å²) in [5.41, 5.74) is 12.5. The number of anilines is 1. The van der Waals surface area contributed by atoms with Crippen LogP contribution in [0.1, 0.15) is 26.3 Å². The van der Waals surface area contributed by atoms with Crippen LogP contribution >= 0.6 is 11.8 Å². The standard InChI is InChI=1S/C19H19N7O4S/c1-10-3-4-15(30-2)14(5-10)26-19(23-24-25-26)31-9-16(27)22-13-7-11(17(20)28)6-12(8-13)18(21)29/h3-8H,9H2,1-2H3,(H2,20,28)(H2,21,29)(H,22,27). The van der Waals surface area contributed by atoms with Crippen molar-refractivity contribution in [3.05, 3.63) is 53.1 Å². The second kappa shape index (κ2) is 9.26. The van der Waals surface area contributed by atoms with Crippen molar-refractivity contribution in [2.45, 2.75) is 12.1 Å². The number of nitrogens with two attached hydrogens (primary N) is 2. The van der Waals surface area contributed by atoms with E-state index < -0.39 is 17.7 Å². The third-order valence-corrected chi connectivity index (χ3v) is 5.04. The molecule has 1 aromatic heterocycles. The highest BCUT2D eigenvalue weighted by Gasteiger charge is 2.16. The molecule has 0 bridgehead atoms. The second-order valence-corrected chi connectivity index (χ2v) is 7.36. The van der Waals surface area contributed by atoms with Gasteiger partial charge in [-0.3, -0.25) is 14.4 Å². The maximum absolute atomic E-state index is 12.4. The first-order chi connectivity index (χ1) is 14.8. The number of methoxy groups -OCH3 is 1. The zero-order valence-electron chi connectivity index (χ0n) is 16.7. The Bertz CT molecular complexity index is 1130. The Morgan fingerprint density at radius 1 is 1.10 bits per heavy atom. The summed E-state index contributed by atoms with van der Waals surface area (Å²) in [4.78, 5) is 35.4. The van der Waals surface area contributed by atoms with Crippen LogP contribution in [-0.4, -0.2) is 50.8 Å². The van der Waals surface area contributed by atoms with Gasteiger partial charge in [-0.05, 0) is 53.2 Å². The lowest BCUT2D eigenvalue weighted by Gasteiger charge is -2.11. The Morgan fingerprint density at radius 2 is 1.77 bits per heavy atom. The Kier molecular flexibility index (Phi) is 6.50. The summed E-state index contributed by atoms with van der Waals surface area (Å²) in [6.45, 7) is 1.92. The number of nitrogens with one attached hydrogen (secondary N) is 1. The molecule has 0 radical (unpaired) electrons. The first-order valence-electron chi connectivity index (χ1n) is 8.89. The van der Waals surface area contributed by atoms with Crippen molar-refractivity contribution in [2.24, 2.45) is 11.5 Å². The molecule has 3 rings (SSSR count). The summed E-state index contributed by atoms with van der Waals surface area (Å²) in [5, 5.41) is 14.6. The van der Waals surface area contributed by atoms with Gasteiger partial charge in [-0.15, -0.1) is 5.10 Å². The highest BCUT2D eigenvalue weighted by molar-refractivity contribution is 7.99. The average Bonchev–Trinajstić information content (AvgIpc) is 3.20. The molecule has 0 aliphatic rings. The van der Waals surface area contributed by atoms with Crippen LogP contribution < -0.4 is 21.5 Å². The maximum Gasteiger partial charge on any atom is 0.248 e. The molecule has 12 heteroatoms. The summed E-state index contributed by atoms with van der Waals surface area (Å²) in [6.07, 6.45) is 0. The Labute approximate surface area is 181 Å².